The zero-order valence-electron chi connectivity index (χ0n) is 20.5. The van der Waals surface area contributed by atoms with E-state index in [1.807, 2.05) is 4.90 Å². The molecule has 2 fully saturated rings. The molecule has 1 amide bonds. The number of carbonyl (C=O) groups excluding carboxylic acids is 1. The molecule has 4 heteroatoms. The summed E-state index contributed by atoms with van der Waals surface area (Å²) in [5.41, 5.74) is -1.42. The standard InChI is InChI=1S/C25H48N2O2/c1-8-9-10-11-12-13-14-15-16-17-18-27-21(28)25(29-24(27,6)7)19-22(2,3)26-23(4,5)20-25/h26H,8-20H2,1-7H3. The van der Waals surface area contributed by atoms with Gasteiger partial charge in [0.05, 0.1) is 0 Å². The Bertz CT molecular complexity index is 523. The summed E-state index contributed by atoms with van der Waals surface area (Å²) in [6.45, 7) is 16.0. The highest BCUT2D eigenvalue weighted by Gasteiger charge is 2.61. The molecule has 0 aromatic carbocycles. The fraction of sp³-hybridized carbons (Fsp3) is 0.960. The van der Waals surface area contributed by atoms with Crippen molar-refractivity contribution < 1.29 is 9.53 Å². The molecular weight excluding hydrogens is 360 g/mol. The van der Waals surface area contributed by atoms with Crippen molar-refractivity contribution in [1.82, 2.24) is 10.2 Å². The Labute approximate surface area is 180 Å². The SMILES string of the molecule is CCCCCCCCCCCCN1C(=O)C2(CC(C)(C)NC(C)(C)C2)OC1(C)C. The van der Waals surface area contributed by atoms with Crippen molar-refractivity contribution in [3.63, 3.8) is 0 Å². The van der Waals surface area contributed by atoms with E-state index < -0.39 is 11.3 Å². The monoisotopic (exact) mass is 408 g/mol. The van der Waals surface area contributed by atoms with Gasteiger partial charge >= 0.3 is 0 Å². The molecule has 1 N–H and O–H groups in total. The molecule has 0 aromatic heterocycles. The second kappa shape index (κ2) is 9.68. The molecule has 0 radical (unpaired) electrons. The van der Waals surface area contributed by atoms with Gasteiger partial charge in [-0.3, -0.25) is 4.79 Å². The first-order chi connectivity index (χ1) is 13.4. The topological polar surface area (TPSA) is 41.6 Å². The zero-order valence-corrected chi connectivity index (χ0v) is 20.5. The number of rotatable bonds is 11. The molecule has 29 heavy (non-hydrogen) atoms. The number of hydrogen-bond acceptors (Lipinski definition) is 3. The Balaban J connectivity index is 1.81. The predicted octanol–water partition coefficient (Wildman–Crippen LogP) is 6.18. The van der Waals surface area contributed by atoms with Crippen LogP contribution < -0.4 is 5.32 Å². The molecular formula is C25H48N2O2. The number of carbonyl (C=O) groups is 1. The van der Waals surface area contributed by atoms with Gasteiger partial charge < -0.3 is 15.0 Å². The molecule has 0 saturated carbocycles. The van der Waals surface area contributed by atoms with Gasteiger partial charge in [-0.15, -0.1) is 0 Å². The number of nitrogens with one attached hydrogen (secondary N) is 1. The number of amides is 1. The van der Waals surface area contributed by atoms with Gasteiger partial charge in [-0.1, -0.05) is 64.7 Å². The van der Waals surface area contributed by atoms with Crippen LogP contribution in [0, 0.1) is 0 Å². The summed E-state index contributed by atoms with van der Waals surface area (Å²) in [4.78, 5) is 15.6. The van der Waals surface area contributed by atoms with Crippen molar-refractivity contribution in [3.8, 4) is 0 Å². The van der Waals surface area contributed by atoms with Crippen molar-refractivity contribution >= 4 is 5.91 Å². The van der Waals surface area contributed by atoms with E-state index in [0.29, 0.717) is 0 Å². The van der Waals surface area contributed by atoms with Crippen molar-refractivity contribution in [2.24, 2.45) is 0 Å². The number of piperidine rings is 1. The summed E-state index contributed by atoms with van der Waals surface area (Å²) in [7, 11) is 0. The molecule has 0 aliphatic carbocycles. The maximum atomic E-state index is 13.5. The summed E-state index contributed by atoms with van der Waals surface area (Å²) < 4.78 is 6.55. The Kier molecular flexibility index (Phi) is 8.23. The Morgan fingerprint density at radius 2 is 1.24 bits per heavy atom. The van der Waals surface area contributed by atoms with E-state index in [1.165, 1.54) is 57.8 Å². The third-order valence-corrected chi connectivity index (χ3v) is 6.60. The molecule has 1 spiro atoms. The van der Waals surface area contributed by atoms with E-state index in [2.05, 4.69) is 53.8 Å². The van der Waals surface area contributed by atoms with Crippen LogP contribution >= 0.6 is 0 Å². The predicted molar refractivity (Wildman–Crippen MR) is 122 cm³/mol. The number of nitrogens with zero attached hydrogens (tertiary/aromatic N) is 1. The molecule has 2 aliphatic heterocycles. The van der Waals surface area contributed by atoms with E-state index in [0.717, 1.165) is 25.8 Å². The van der Waals surface area contributed by atoms with Crippen molar-refractivity contribution in [1.29, 1.82) is 0 Å². The van der Waals surface area contributed by atoms with E-state index in [9.17, 15) is 4.79 Å². The maximum Gasteiger partial charge on any atom is 0.257 e. The molecule has 2 aliphatic rings. The summed E-state index contributed by atoms with van der Waals surface area (Å²) in [6.07, 6.45) is 14.6. The van der Waals surface area contributed by atoms with Crippen molar-refractivity contribution in [3.05, 3.63) is 0 Å². The van der Waals surface area contributed by atoms with Crippen LogP contribution in [-0.2, 0) is 9.53 Å². The third-order valence-electron chi connectivity index (χ3n) is 6.60. The molecule has 2 heterocycles. The minimum Gasteiger partial charge on any atom is -0.340 e. The Hall–Kier alpha value is -0.610. The lowest BCUT2D eigenvalue weighted by Gasteiger charge is -2.50. The first-order valence-corrected chi connectivity index (χ1v) is 12.2. The van der Waals surface area contributed by atoms with Gasteiger partial charge in [0.15, 0.2) is 5.60 Å². The molecule has 4 nitrogen and oxygen atoms in total. The maximum absolute atomic E-state index is 13.5. The second-order valence-corrected chi connectivity index (χ2v) is 11.4. The molecule has 0 atom stereocenters. The quantitative estimate of drug-likeness (QED) is 0.415. The number of hydrogen-bond donors (Lipinski definition) is 1. The van der Waals surface area contributed by atoms with Gasteiger partial charge in [0, 0.05) is 30.5 Å². The molecule has 0 unspecified atom stereocenters. The van der Waals surface area contributed by atoms with Gasteiger partial charge in [-0.2, -0.15) is 0 Å². The number of ether oxygens (including phenoxy) is 1. The van der Waals surface area contributed by atoms with E-state index in [4.69, 9.17) is 4.74 Å². The minimum atomic E-state index is -0.680. The highest BCUT2D eigenvalue weighted by atomic mass is 16.6. The van der Waals surface area contributed by atoms with Crippen LogP contribution in [0.15, 0.2) is 0 Å². The lowest BCUT2D eigenvalue weighted by Crippen LogP contribution is -2.65. The van der Waals surface area contributed by atoms with Crippen LogP contribution in [0.3, 0.4) is 0 Å². The average Bonchev–Trinajstić information content (AvgIpc) is 2.72. The van der Waals surface area contributed by atoms with Crippen LogP contribution in [0.1, 0.15) is 126 Å². The van der Waals surface area contributed by atoms with E-state index in [1.54, 1.807) is 0 Å². The zero-order chi connectivity index (χ0) is 21.8. The summed E-state index contributed by atoms with van der Waals surface area (Å²) >= 11 is 0. The summed E-state index contributed by atoms with van der Waals surface area (Å²) in [5, 5.41) is 3.68. The fourth-order valence-electron chi connectivity index (χ4n) is 5.91. The normalized spacial score (nSPS) is 24.4. The summed E-state index contributed by atoms with van der Waals surface area (Å²) in [6, 6.07) is 0. The molecule has 170 valence electrons. The second-order valence-electron chi connectivity index (χ2n) is 11.4. The minimum absolute atomic E-state index is 0.110. The lowest BCUT2D eigenvalue weighted by molar-refractivity contribution is -0.157. The molecule has 0 aromatic rings. The largest absolute Gasteiger partial charge is 0.340 e. The van der Waals surface area contributed by atoms with Crippen molar-refractivity contribution in [2.75, 3.05) is 6.54 Å². The molecule has 2 saturated heterocycles. The highest BCUT2D eigenvalue weighted by molar-refractivity contribution is 5.88. The van der Waals surface area contributed by atoms with Crippen LogP contribution in [0.2, 0.25) is 0 Å². The smallest absolute Gasteiger partial charge is 0.257 e. The first-order valence-electron chi connectivity index (χ1n) is 12.2. The van der Waals surface area contributed by atoms with E-state index in [-0.39, 0.29) is 17.0 Å². The molecule has 2 rings (SSSR count). The highest BCUT2D eigenvalue weighted by Crippen LogP contribution is 2.47. The van der Waals surface area contributed by atoms with Crippen molar-refractivity contribution in [2.45, 2.75) is 148 Å². The van der Waals surface area contributed by atoms with Gasteiger partial charge in [-0.25, -0.2) is 0 Å². The molecule has 0 bridgehead atoms. The van der Waals surface area contributed by atoms with Gasteiger partial charge in [0.25, 0.3) is 5.91 Å². The average molecular weight is 409 g/mol. The number of unbranched alkanes of at least 4 members (excludes halogenated alkanes) is 9. The van der Waals surface area contributed by atoms with Crippen LogP contribution in [0.25, 0.3) is 0 Å². The third kappa shape index (κ3) is 6.69. The van der Waals surface area contributed by atoms with Gasteiger partial charge in [0.1, 0.15) is 5.72 Å². The van der Waals surface area contributed by atoms with Gasteiger partial charge in [-0.05, 0) is 48.0 Å². The van der Waals surface area contributed by atoms with E-state index >= 15 is 0 Å². The fourth-order valence-corrected chi connectivity index (χ4v) is 5.91. The summed E-state index contributed by atoms with van der Waals surface area (Å²) in [5.74, 6) is 0.209. The first kappa shape index (κ1) is 24.7. The van der Waals surface area contributed by atoms with Crippen LogP contribution in [0.4, 0.5) is 0 Å². The van der Waals surface area contributed by atoms with Crippen LogP contribution in [-0.4, -0.2) is 39.8 Å². The van der Waals surface area contributed by atoms with Gasteiger partial charge in [0.2, 0.25) is 0 Å². The lowest BCUT2D eigenvalue weighted by atomic mass is 9.72. The Morgan fingerprint density at radius 3 is 1.72 bits per heavy atom. The Morgan fingerprint density at radius 1 is 0.793 bits per heavy atom. The van der Waals surface area contributed by atoms with Crippen LogP contribution in [0.5, 0.6) is 0 Å².